The highest BCUT2D eigenvalue weighted by molar-refractivity contribution is 7.15. The van der Waals surface area contributed by atoms with Crippen molar-refractivity contribution in [3.63, 3.8) is 0 Å². The van der Waals surface area contributed by atoms with Gasteiger partial charge in [0, 0.05) is 18.0 Å². The fraction of sp³-hybridized carbons (Fsp3) is 0.0588. The Balaban J connectivity index is 1.78. The number of aromatic nitrogens is 4. The molecule has 3 heterocycles. The molecule has 4 aromatic rings. The fourth-order valence-corrected chi connectivity index (χ4v) is 3.22. The smallest absolute Gasteiger partial charge is 0.291 e. The molecule has 0 atom stereocenters. The van der Waals surface area contributed by atoms with Gasteiger partial charge >= 0.3 is 0 Å². The summed E-state index contributed by atoms with van der Waals surface area (Å²) in [4.78, 5) is 21.5. The van der Waals surface area contributed by atoms with E-state index in [1.807, 2.05) is 36.4 Å². The van der Waals surface area contributed by atoms with Gasteiger partial charge in [0.15, 0.2) is 5.82 Å². The number of nitrogens with zero attached hydrogens (tertiary/aromatic N) is 4. The highest BCUT2D eigenvalue weighted by Gasteiger charge is 2.12. The number of rotatable bonds is 3. The van der Waals surface area contributed by atoms with Crippen molar-refractivity contribution in [2.45, 2.75) is 0 Å². The Morgan fingerprint density at radius 1 is 1.21 bits per heavy atom. The molecule has 0 spiro atoms. The van der Waals surface area contributed by atoms with Gasteiger partial charge in [-0.2, -0.15) is 9.50 Å². The van der Waals surface area contributed by atoms with Crippen molar-refractivity contribution >= 4 is 22.4 Å². The molecule has 0 fully saturated rings. The summed E-state index contributed by atoms with van der Waals surface area (Å²) in [7, 11) is 1.61. The summed E-state index contributed by atoms with van der Waals surface area (Å²) in [6.45, 7) is 0. The molecular weight excluding hydrogens is 324 g/mol. The molecule has 0 saturated carbocycles. The predicted molar refractivity (Wildman–Crippen MR) is 92.1 cm³/mol. The molecule has 0 N–H and O–H groups in total. The summed E-state index contributed by atoms with van der Waals surface area (Å²) >= 11 is 1.31. The largest absolute Gasteiger partial charge is 0.497 e. The second-order valence-electron chi connectivity index (χ2n) is 5.06. The molecule has 0 aliphatic heterocycles. The van der Waals surface area contributed by atoms with Gasteiger partial charge in [0.25, 0.3) is 5.56 Å². The quantitative estimate of drug-likeness (QED) is 0.570. The van der Waals surface area contributed by atoms with E-state index in [9.17, 15) is 4.79 Å². The average molecular weight is 336 g/mol. The first-order valence-electron chi connectivity index (χ1n) is 7.20. The van der Waals surface area contributed by atoms with Crippen molar-refractivity contribution in [3.8, 4) is 17.1 Å². The zero-order chi connectivity index (χ0) is 16.5. The van der Waals surface area contributed by atoms with E-state index >= 15 is 0 Å². The number of ether oxygens (including phenoxy) is 1. The highest BCUT2D eigenvalue weighted by atomic mass is 32.1. The van der Waals surface area contributed by atoms with E-state index in [4.69, 9.17) is 4.74 Å². The third-order valence-corrected chi connectivity index (χ3v) is 4.47. The van der Waals surface area contributed by atoms with Gasteiger partial charge in [-0.1, -0.05) is 17.4 Å². The minimum atomic E-state index is -0.175. The van der Waals surface area contributed by atoms with Crippen LogP contribution in [0.1, 0.15) is 5.56 Å². The molecule has 0 amide bonds. The maximum atomic E-state index is 12.5. The molecule has 7 heteroatoms. The second-order valence-corrected chi connectivity index (χ2v) is 6.07. The average Bonchev–Trinajstić information content (AvgIpc) is 3.16. The molecule has 0 saturated heterocycles. The second kappa shape index (κ2) is 5.86. The van der Waals surface area contributed by atoms with E-state index in [-0.39, 0.29) is 5.56 Å². The Labute approximate surface area is 140 Å². The van der Waals surface area contributed by atoms with Gasteiger partial charge in [0.1, 0.15) is 5.75 Å². The van der Waals surface area contributed by atoms with E-state index in [2.05, 4.69) is 15.1 Å². The lowest BCUT2D eigenvalue weighted by Gasteiger charge is -1.99. The van der Waals surface area contributed by atoms with Gasteiger partial charge in [0.05, 0.1) is 11.6 Å². The van der Waals surface area contributed by atoms with Crippen molar-refractivity contribution < 1.29 is 4.74 Å². The van der Waals surface area contributed by atoms with Crippen LogP contribution in [0, 0.1) is 0 Å². The van der Waals surface area contributed by atoms with Gasteiger partial charge in [-0.05, 0) is 42.0 Å². The van der Waals surface area contributed by atoms with E-state index in [1.165, 1.54) is 15.9 Å². The number of pyridine rings is 1. The van der Waals surface area contributed by atoms with Crippen LogP contribution in [-0.4, -0.2) is 26.7 Å². The SMILES string of the molecule is COc1ccc(-c2nc3s/c(=C\c4cccnc4)c(=O)n3n2)cc1. The molecule has 1 aromatic carbocycles. The maximum absolute atomic E-state index is 12.5. The number of benzene rings is 1. The summed E-state index contributed by atoms with van der Waals surface area (Å²) in [5, 5.41) is 4.33. The van der Waals surface area contributed by atoms with Crippen molar-refractivity contribution in [2.24, 2.45) is 0 Å². The molecule has 3 aromatic heterocycles. The lowest BCUT2D eigenvalue weighted by molar-refractivity contribution is 0.415. The molecule has 4 rings (SSSR count). The van der Waals surface area contributed by atoms with Crippen LogP contribution in [0.5, 0.6) is 5.75 Å². The normalized spacial score (nSPS) is 12.0. The van der Waals surface area contributed by atoms with E-state index in [0.29, 0.717) is 15.3 Å². The minimum absolute atomic E-state index is 0.175. The van der Waals surface area contributed by atoms with Crippen LogP contribution in [-0.2, 0) is 0 Å². The molecule has 0 bridgehead atoms. The van der Waals surface area contributed by atoms with Gasteiger partial charge in [-0.3, -0.25) is 9.78 Å². The molecule has 0 radical (unpaired) electrons. The third-order valence-electron chi connectivity index (χ3n) is 3.51. The number of methoxy groups -OCH3 is 1. The maximum Gasteiger partial charge on any atom is 0.291 e. The first kappa shape index (κ1) is 14.5. The summed E-state index contributed by atoms with van der Waals surface area (Å²) in [5.74, 6) is 1.28. The van der Waals surface area contributed by atoms with Crippen LogP contribution >= 0.6 is 11.3 Å². The predicted octanol–water partition coefficient (Wildman–Crippen LogP) is 1.77. The number of thiazole rings is 1. The Morgan fingerprint density at radius 2 is 2.04 bits per heavy atom. The molecule has 0 unspecified atom stereocenters. The third kappa shape index (κ3) is 2.55. The van der Waals surface area contributed by atoms with Crippen molar-refractivity contribution in [1.82, 2.24) is 19.6 Å². The van der Waals surface area contributed by atoms with Crippen LogP contribution in [0.2, 0.25) is 0 Å². The van der Waals surface area contributed by atoms with Crippen LogP contribution in [0.4, 0.5) is 0 Å². The Hall–Kier alpha value is -3.06. The Kier molecular flexibility index (Phi) is 3.55. The van der Waals surface area contributed by atoms with Crippen molar-refractivity contribution in [2.75, 3.05) is 7.11 Å². The molecule has 6 nitrogen and oxygen atoms in total. The lowest BCUT2D eigenvalue weighted by Crippen LogP contribution is -2.23. The van der Waals surface area contributed by atoms with Crippen molar-refractivity contribution in [3.05, 3.63) is 69.2 Å². The molecule has 0 aliphatic rings. The first-order chi connectivity index (χ1) is 11.7. The fourth-order valence-electron chi connectivity index (χ4n) is 2.31. The Morgan fingerprint density at radius 3 is 2.71 bits per heavy atom. The van der Waals surface area contributed by atoms with Crippen LogP contribution < -0.4 is 14.8 Å². The highest BCUT2D eigenvalue weighted by Crippen LogP contribution is 2.20. The van der Waals surface area contributed by atoms with Gasteiger partial charge in [-0.25, -0.2) is 0 Å². The van der Waals surface area contributed by atoms with Gasteiger partial charge < -0.3 is 4.74 Å². The topological polar surface area (TPSA) is 69.4 Å². The van der Waals surface area contributed by atoms with Gasteiger partial charge in [0.2, 0.25) is 4.96 Å². The monoisotopic (exact) mass is 336 g/mol. The number of hydrogen-bond donors (Lipinski definition) is 0. The zero-order valence-corrected chi connectivity index (χ0v) is 13.5. The molecule has 0 aliphatic carbocycles. The summed E-state index contributed by atoms with van der Waals surface area (Å²) in [5.41, 5.74) is 1.53. The summed E-state index contributed by atoms with van der Waals surface area (Å²) in [6.07, 6.45) is 5.20. The standard InChI is InChI=1S/C17H12N4O2S/c1-23-13-6-4-12(5-7-13)15-19-17-21(20-15)16(22)14(24-17)9-11-3-2-8-18-10-11/h2-10H,1H3/b14-9-. The Bertz CT molecular complexity index is 1100. The molecular formula is C17H12N4O2S. The lowest BCUT2D eigenvalue weighted by atomic mass is 10.2. The zero-order valence-electron chi connectivity index (χ0n) is 12.7. The van der Waals surface area contributed by atoms with E-state index in [1.54, 1.807) is 25.6 Å². The van der Waals surface area contributed by atoms with Crippen LogP contribution in [0.3, 0.4) is 0 Å². The van der Waals surface area contributed by atoms with Crippen LogP contribution in [0.15, 0.2) is 53.6 Å². The number of fused-ring (bicyclic) bond motifs is 1. The molecule has 24 heavy (non-hydrogen) atoms. The molecule has 118 valence electrons. The number of hydrogen-bond acceptors (Lipinski definition) is 6. The summed E-state index contributed by atoms with van der Waals surface area (Å²) < 4.78 is 7.06. The van der Waals surface area contributed by atoms with Gasteiger partial charge in [-0.15, -0.1) is 5.10 Å². The van der Waals surface area contributed by atoms with E-state index < -0.39 is 0 Å². The van der Waals surface area contributed by atoms with Crippen LogP contribution in [0.25, 0.3) is 22.4 Å². The minimum Gasteiger partial charge on any atom is -0.497 e. The first-order valence-corrected chi connectivity index (χ1v) is 8.02. The summed E-state index contributed by atoms with van der Waals surface area (Å²) in [6, 6.07) is 11.1. The van der Waals surface area contributed by atoms with E-state index in [0.717, 1.165) is 16.9 Å². The van der Waals surface area contributed by atoms with Crippen molar-refractivity contribution in [1.29, 1.82) is 0 Å².